The van der Waals surface area contributed by atoms with E-state index in [-0.39, 0.29) is 0 Å². The zero-order chi connectivity index (χ0) is 12.7. The second kappa shape index (κ2) is 4.34. The van der Waals surface area contributed by atoms with E-state index in [1.807, 2.05) is 18.2 Å². The molecule has 0 unspecified atom stereocenters. The summed E-state index contributed by atoms with van der Waals surface area (Å²) in [5.74, 6) is 0. The van der Waals surface area contributed by atoms with Crippen LogP contribution < -0.4 is 0 Å². The molecule has 1 aromatic heterocycles. The van der Waals surface area contributed by atoms with Crippen molar-refractivity contribution in [3.05, 3.63) is 39.5 Å². The number of benzene rings is 1. The van der Waals surface area contributed by atoms with Crippen LogP contribution in [0, 0.1) is 11.3 Å². The van der Waals surface area contributed by atoms with Crippen molar-refractivity contribution in [3.8, 4) is 6.07 Å². The average Bonchev–Trinajstić information content (AvgIpc) is 2.37. The summed E-state index contributed by atoms with van der Waals surface area (Å²) in [4.78, 5) is 6.96. The Morgan fingerprint density at radius 1 is 1.44 bits per heavy atom. The summed E-state index contributed by atoms with van der Waals surface area (Å²) in [6.45, 7) is 1.81. The van der Waals surface area contributed by atoms with Gasteiger partial charge in [0, 0.05) is 40.6 Å². The van der Waals surface area contributed by atoms with Gasteiger partial charge >= 0.3 is 0 Å². The van der Waals surface area contributed by atoms with Crippen molar-refractivity contribution < 1.29 is 0 Å². The highest BCUT2D eigenvalue weighted by molar-refractivity contribution is 9.10. The van der Waals surface area contributed by atoms with E-state index in [1.165, 1.54) is 0 Å². The van der Waals surface area contributed by atoms with Crippen LogP contribution in [-0.4, -0.2) is 23.5 Å². The lowest BCUT2D eigenvalue weighted by atomic mass is 9.97. The van der Waals surface area contributed by atoms with Gasteiger partial charge in [0.15, 0.2) is 0 Å². The Hall–Kier alpha value is -1.44. The van der Waals surface area contributed by atoms with Gasteiger partial charge in [0.1, 0.15) is 6.07 Å². The van der Waals surface area contributed by atoms with Gasteiger partial charge in [-0.15, -0.1) is 0 Å². The Bertz CT molecular complexity index is 673. The summed E-state index contributed by atoms with van der Waals surface area (Å²) >= 11 is 3.52. The summed E-state index contributed by atoms with van der Waals surface area (Å²) in [5, 5.41) is 10.4. The number of hydrogen-bond acceptors (Lipinski definition) is 3. The Labute approximate surface area is 114 Å². The molecule has 0 atom stereocenters. The molecule has 0 fully saturated rings. The van der Waals surface area contributed by atoms with Crippen LogP contribution >= 0.6 is 15.9 Å². The first-order valence-electron chi connectivity index (χ1n) is 5.89. The molecular formula is C14H12BrN3. The molecule has 1 aromatic carbocycles. The second-order valence-corrected chi connectivity index (χ2v) is 5.50. The predicted octanol–water partition coefficient (Wildman–Crippen LogP) is 2.86. The minimum absolute atomic E-state index is 0.780. The number of hydrogen-bond donors (Lipinski definition) is 0. The van der Waals surface area contributed by atoms with Gasteiger partial charge in [-0.2, -0.15) is 5.26 Å². The monoisotopic (exact) mass is 301 g/mol. The van der Waals surface area contributed by atoms with E-state index in [2.05, 4.69) is 33.9 Å². The highest BCUT2D eigenvalue weighted by Gasteiger charge is 2.21. The summed E-state index contributed by atoms with van der Waals surface area (Å²) in [6, 6.07) is 8.25. The van der Waals surface area contributed by atoms with Crippen LogP contribution in [0.5, 0.6) is 0 Å². The molecule has 0 saturated heterocycles. The van der Waals surface area contributed by atoms with Crippen LogP contribution in [0.1, 0.15) is 16.8 Å². The van der Waals surface area contributed by atoms with Crippen molar-refractivity contribution in [1.82, 2.24) is 9.88 Å². The highest BCUT2D eigenvalue weighted by Crippen LogP contribution is 2.30. The molecule has 18 heavy (non-hydrogen) atoms. The predicted molar refractivity (Wildman–Crippen MR) is 74.2 cm³/mol. The second-order valence-electron chi connectivity index (χ2n) is 4.65. The quantitative estimate of drug-likeness (QED) is 0.751. The first-order chi connectivity index (χ1) is 8.70. The zero-order valence-electron chi connectivity index (χ0n) is 10.1. The number of aromatic nitrogens is 1. The summed E-state index contributed by atoms with van der Waals surface area (Å²) in [5.41, 5.74) is 3.85. The first kappa shape index (κ1) is 11.6. The topological polar surface area (TPSA) is 39.9 Å². The number of nitrogens with zero attached hydrogens (tertiary/aromatic N) is 3. The van der Waals surface area contributed by atoms with Crippen LogP contribution in [0.25, 0.3) is 10.9 Å². The van der Waals surface area contributed by atoms with Crippen molar-refractivity contribution in [2.45, 2.75) is 13.0 Å². The lowest BCUT2D eigenvalue weighted by Crippen LogP contribution is -2.28. The molecule has 2 aromatic rings. The highest BCUT2D eigenvalue weighted by atomic mass is 79.9. The molecule has 90 valence electrons. The molecule has 0 N–H and O–H groups in total. The largest absolute Gasteiger partial charge is 0.302 e. The average molecular weight is 302 g/mol. The van der Waals surface area contributed by atoms with Gasteiger partial charge in [-0.3, -0.25) is 4.98 Å². The SMILES string of the molecule is CN1CCc2nc3c(Br)cccc3c(C#N)c2C1. The fraction of sp³-hybridized carbons (Fsp3) is 0.286. The van der Waals surface area contributed by atoms with Gasteiger partial charge < -0.3 is 4.90 Å². The Morgan fingerprint density at radius 2 is 2.28 bits per heavy atom. The molecule has 3 nitrogen and oxygen atoms in total. The van der Waals surface area contributed by atoms with E-state index in [4.69, 9.17) is 4.98 Å². The number of fused-ring (bicyclic) bond motifs is 2. The molecule has 1 aliphatic rings. The number of rotatable bonds is 0. The smallest absolute Gasteiger partial charge is 0.100 e. The molecular weight excluding hydrogens is 290 g/mol. The number of nitriles is 1. The maximum Gasteiger partial charge on any atom is 0.100 e. The van der Waals surface area contributed by atoms with Crippen LogP contribution in [0.3, 0.4) is 0 Å². The molecule has 0 bridgehead atoms. The van der Waals surface area contributed by atoms with E-state index in [9.17, 15) is 5.26 Å². The molecule has 4 heteroatoms. The van der Waals surface area contributed by atoms with Gasteiger partial charge in [-0.1, -0.05) is 12.1 Å². The molecule has 0 spiro atoms. The van der Waals surface area contributed by atoms with Gasteiger partial charge in [-0.25, -0.2) is 0 Å². The lowest BCUT2D eigenvalue weighted by molar-refractivity contribution is 0.310. The van der Waals surface area contributed by atoms with Crippen molar-refractivity contribution in [1.29, 1.82) is 5.26 Å². The fourth-order valence-corrected chi connectivity index (χ4v) is 2.95. The van der Waals surface area contributed by atoms with Crippen molar-refractivity contribution in [3.63, 3.8) is 0 Å². The molecule has 3 rings (SSSR count). The lowest BCUT2D eigenvalue weighted by Gasteiger charge is -2.25. The van der Waals surface area contributed by atoms with E-state index < -0.39 is 0 Å². The van der Waals surface area contributed by atoms with E-state index in [0.717, 1.165) is 51.7 Å². The number of para-hydroxylation sites is 1. The fourth-order valence-electron chi connectivity index (χ4n) is 2.49. The summed E-state index contributed by atoms with van der Waals surface area (Å²) in [7, 11) is 2.08. The Morgan fingerprint density at radius 3 is 3.06 bits per heavy atom. The van der Waals surface area contributed by atoms with Gasteiger partial charge in [0.05, 0.1) is 11.1 Å². The number of pyridine rings is 1. The minimum Gasteiger partial charge on any atom is -0.302 e. The van der Waals surface area contributed by atoms with Crippen LogP contribution in [0.15, 0.2) is 22.7 Å². The van der Waals surface area contributed by atoms with Crippen LogP contribution in [-0.2, 0) is 13.0 Å². The maximum atomic E-state index is 9.46. The maximum absolute atomic E-state index is 9.46. The molecule has 0 saturated carbocycles. The van der Waals surface area contributed by atoms with E-state index in [0.29, 0.717) is 0 Å². The number of halogens is 1. The molecule has 1 aliphatic heterocycles. The third kappa shape index (κ3) is 1.71. The molecule has 0 amide bonds. The third-order valence-electron chi connectivity index (χ3n) is 3.42. The van der Waals surface area contributed by atoms with Crippen molar-refractivity contribution in [2.75, 3.05) is 13.6 Å². The summed E-state index contributed by atoms with van der Waals surface area (Å²) < 4.78 is 0.957. The standard InChI is InChI=1S/C14H12BrN3/c1-18-6-5-13-11(8-18)10(7-16)9-3-2-4-12(15)14(9)17-13/h2-4H,5-6,8H2,1H3. The number of likely N-dealkylation sites (N-methyl/N-ethyl adjacent to an activating group) is 1. The van der Waals surface area contributed by atoms with Gasteiger partial charge in [0.2, 0.25) is 0 Å². The zero-order valence-corrected chi connectivity index (χ0v) is 11.7. The Kier molecular flexibility index (Phi) is 2.81. The third-order valence-corrected chi connectivity index (χ3v) is 4.06. The van der Waals surface area contributed by atoms with Crippen LogP contribution in [0.4, 0.5) is 0 Å². The Balaban J connectivity index is 2.38. The van der Waals surface area contributed by atoms with E-state index >= 15 is 0 Å². The molecule has 0 radical (unpaired) electrons. The van der Waals surface area contributed by atoms with Crippen molar-refractivity contribution in [2.24, 2.45) is 0 Å². The van der Waals surface area contributed by atoms with E-state index in [1.54, 1.807) is 0 Å². The van der Waals surface area contributed by atoms with Gasteiger partial charge in [-0.05, 0) is 29.0 Å². The normalized spacial score (nSPS) is 15.4. The van der Waals surface area contributed by atoms with Gasteiger partial charge in [0.25, 0.3) is 0 Å². The first-order valence-corrected chi connectivity index (χ1v) is 6.68. The molecule has 2 heterocycles. The minimum atomic E-state index is 0.780. The van der Waals surface area contributed by atoms with Crippen molar-refractivity contribution >= 4 is 26.8 Å². The molecule has 0 aliphatic carbocycles. The summed E-state index contributed by atoms with van der Waals surface area (Å²) in [6.07, 6.45) is 0.914. The van der Waals surface area contributed by atoms with Crippen LogP contribution in [0.2, 0.25) is 0 Å².